The molecule has 7 nitrogen and oxygen atoms in total. The fourth-order valence-electron chi connectivity index (χ4n) is 1.43. The van der Waals surface area contributed by atoms with Gasteiger partial charge in [-0.05, 0) is 11.6 Å². The molecule has 112 valence electrons. The van der Waals surface area contributed by atoms with Crippen LogP contribution in [0.5, 0.6) is 0 Å². The van der Waals surface area contributed by atoms with Crippen molar-refractivity contribution in [1.29, 1.82) is 0 Å². The van der Waals surface area contributed by atoms with E-state index in [0.29, 0.717) is 0 Å². The molecule has 1 aromatic heterocycles. The highest BCUT2D eigenvalue weighted by atomic mass is 35.5. The molecule has 0 amide bonds. The van der Waals surface area contributed by atoms with Crippen molar-refractivity contribution in [2.24, 2.45) is 22.9 Å². The number of hydrogen-bond donors (Lipinski definition) is 4. The summed E-state index contributed by atoms with van der Waals surface area (Å²) >= 11 is 25.4. The van der Waals surface area contributed by atoms with Crippen molar-refractivity contribution in [1.82, 2.24) is 15.0 Å². The molecule has 0 aliphatic heterocycles. The van der Waals surface area contributed by atoms with Gasteiger partial charge in [-0.1, -0.05) is 48.9 Å². The summed E-state index contributed by atoms with van der Waals surface area (Å²) in [6, 6.07) is 0. The number of halogens is 1. The summed E-state index contributed by atoms with van der Waals surface area (Å²) in [5.41, 5.74) is 22.3. The summed E-state index contributed by atoms with van der Waals surface area (Å²) < 4.78 is 0. The summed E-state index contributed by atoms with van der Waals surface area (Å²) in [5, 5.41) is -0.134. The Morgan fingerprint density at radius 3 is 1.24 bits per heavy atom. The Labute approximate surface area is 146 Å². The monoisotopic (exact) mass is 379 g/mol. The van der Waals surface area contributed by atoms with Gasteiger partial charge in [0.1, 0.15) is 11.8 Å². The Morgan fingerprint density at radius 1 is 0.714 bits per heavy atom. The number of rotatable bonds is 6. The van der Waals surface area contributed by atoms with Crippen LogP contribution in [0.15, 0.2) is 0 Å². The lowest BCUT2D eigenvalue weighted by molar-refractivity contribution is 0.848. The first-order valence-electron chi connectivity index (χ1n) is 5.23. The molecule has 0 saturated heterocycles. The zero-order valence-corrected chi connectivity index (χ0v) is 14.3. The third-order valence-corrected chi connectivity index (χ3v) is 3.41. The van der Waals surface area contributed by atoms with Crippen molar-refractivity contribution in [3.05, 3.63) is 16.9 Å². The van der Waals surface area contributed by atoms with E-state index < -0.39 is 11.8 Å². The molecule has 0 aliphatic rings. The van der Waals surface area contributed by atoms with Crippen molar-refractivity contribution in [2.75, 3.05) is 0 Å². The molecule has 0 aromatic carbocycles. The summed E-state index contributed by atoms with van der Waals surface area (Å²) in [4.78, 5) is 12.0. The Bertz CT molecular complexity index is 556. The molecule has 12 heteroatoms. The van der Waals surface area contributed by atoms with E-state index in [0.717, 1.165) is 0 Å². The second-order valence-electron chi connectivity index (χ2n) is 3.80. The Hall–Kier alpha value is -1.14. The lowest BCUT2D eigenvalue weighted by Gasteiger charge is -2.16. The number of nitrogens with zero attached hydrogens (tertiary/aromatic N) is 3. The van der Waals surface area contributed by atoms with Crippen LogP contribution < -0.4 is 22.9 Å². The predicted octanol–water partition coefficient (Wildman–Crippen LogP) is -0.163. The second kappa shape index (κ2) is 7.22. The summed E-state index contributed by atoms with van der Waals surface area (Å²) in [6.45, 7) is 0. The first-order chi connectivity index (χ1) is 9.65. The fraction of sp³-hybridized carbons (Fsp3) is 0.222. The van der Waals surface area contributed by atoms with E-state index in [2.05, 4.69) is 15.0 Å². The largest absolute Gasteiger partial charge is 0.392 e. The van der Waals surface area contributed by atoms with Crippen LogP contribution in [0, 0.1) is 0 Å². The molecule has 21 heavy (non-hydrogen) atoms. The van der Waals surface area contributed by atoms with E-state index in [1.807, 2.05) is 0 Å². The second-order valence-corrected chi connectivity index (χ2v) is 6.02. The molecular weight excluding hydrogens is 370 g/mol. The van der Waals surface area contributed by atoms with Crippen molar-refractivity contribution < 1.29 is 0 Å². The molecule has 1 heterocycles. The third-order valence-electron chi connectivity index (χ3n) is 2.30. The maximum absolute atomic E-state index is 5.86. The highest BCUT2D eigenvalue weighted by molar-refractivity contribution is 7.82. The Morgan fingerprint density at radius 2 is 1.00 bits per heavy atom. The van der Waals surface area contributed by atoms with Gasteiger partial charge >= 0.3 is 0 Å². The lowest BCUT2D eigenvalue weighted by atomic mass is 10.1. The summed E-state index contributed by atoms with van der Waals surface area (Å²) in [5.74, 6) is -1.51. The number of hydrogen-bond acceptors (Lipinski definition) is 7. The molecular formula is C9H10ClN7S4. The number of nitrogens with two attached hydrogens (primary N) is 4. The Balaban J connectivity index is 3.46. The molecule has 0 radical (unpaired) electrons. The smallest absolute Gasteiger partial charge is 0.225 e. The molecule has 0 aliphatic carbocycles. The van der Waals surface area contributed by atoms with Gasteiger partial charge in [-0.2, -0.15) is 0 Å². The van der Waals surface area contributed by atoms with E-state index in [4.69, 9.17) is 83.4 Å². The van der Waals surface area contributed by atoms with Crippen LogP contribution >= 0.6 is 60.5 Å². The van der Waals surface area contributed by atoms with Gasteiger partial charge in [-0.3, -0.25) is 0 Å². The lowest BCUT2D eigenvalue weighted by Crippen LogP contribution is -2.35. The van der Waals surface area contributed by atoms with Gasteiger partial charge in [0, 0.05) is 0 Å². The average molecular weight is 380 g/mol. The highest BCUT2D eigenvalue weighted by Crippen LogP contribution is 2.19. The molecule has 0 bridgehead atoms. The van der Waals surface area contributed by atoms with Crippen LogP contribution in [0.1, 0.15) is 23.5 Å². The van der Waals surface area contributed by atoms with E-state index in [9.17, 15) is 0 Å². The average Bonchev–Trinajstić information content (AvgIpc) is 2.25. The van der Waals surface area contributed by atoms with Gasteiger partial charge in [0.2, 0.25) is 5.28 Å². The number of aromatic nitrogens is 3. The normalized spacial score (nSPS) is 10.6. The SMILES string of the molecule is NC(=S)C(C(N)=S)c1nc(Cl)nc(C(C(N)=S)C(N)=S)n1. The zero-order valence-electron chi connectivity index (χ0n) is 10.3. The topological polar surface area (TPSA) is 143 Å². The van der Waals surface area contributed by atoms with Crippen molar-refractivity contribution in [3.8, 4) is 0 Å². The first kappa shape index (κ1) is 17.9. The molecule has 0 spiro atoms. The van der Waals surface area contributed by atoms with Crippen LogP contribution in [-0.4, -0.2) is 34.9 Å². The van der Waals surface area contributed by atoms with E-state index in [-0.39, 0.29) is 36.9 Å². The highest BCUT2D eigenvalue weighted by Gasteiger charge is 2.27. The van der Waals surface area contributed by atoms with Crippen LogP contribution in [0.25, 0.3) is 0 Å². The molecule has 8 N–H and O–H groups in total. The minimum absolute atomic E-state index is 0.00193. The Kier molecular flexibility index (Phi) is 6.16. The molecule has 1 aromatic rings. The van der Waals surface area contributed by atoms with Gasteiger partial charge in [0.05, 0.1) is 20.0 Å². The molecule has 0 saturated carbocycles. The van der Waals surface area contributed by atoms with Gasteiger partial charge in [0.25, 0.3) is 0 Å². The van der Waals surface area contributed by atoms with Crippen LogP contribution in [0.3, 0.4) is 0 Å². The molecule has 1 rings (SSSR count). The van der Waals surface area contributed by atoms with Gasteiger partial charge in [-0.25, -0.2) is 15.0 Å². The minimum Gasteiger partial charge on any atom is -0.392 e. The van der Waals surface area contributed by atoms with E-state index in [1.54, 1.807) is 0 Å². The van der Waals surface area contributed by atoms with E-state index >= 15 is 0 Å². The van der Waals surface area contributed by atoms with Gasteiger partial charge in [-0.15, -0.1) is 0 Å². The maximum Gasteiger partial charge on any atom is 0.225 e. The zero-order chi connectivity index (χ0) is 16.3. The van der Waals surface area contributed by atoms with Gasteiger partial charge in [0.15, 0.2) is 11.6 Å². The summed E-state index contributed by atoms with van der Waals surface area (Å²) in [7, 11) is 0. The molecule has 0 unspecified atom stereocenters. The van der Waals surface area contributed by atoms with Crippen molar-refractivity contribution in [3.63, 3.8) is 0 Å². The van der Waals surface area contributed by atoms with Crippen LogP contribution in [0.4, 0.5) is 0 Å². The van der Waals surface area contributed by atoms with Crippen molar-refractivity contribution in [2.45, 2.75) is 11.8 Å². The maximum atomic E-state index is 5.86. The van der Waals surface area contributed by atoms with E-state index in [1.165, 1.54) is 0 Å². The summed E-state index contributed by atoms with van der Waals surface area (Å²) in [6.07, 6.45) is 0. The standard InChI is InChI=1S/C9H10ClN7S4/c10-9-16-7(1(3(11)18)4(12)19)15-8(17-9)2(5(13)20)6(14)21/h1-2H,(H2,11,18)(H2,12,19)(H2,13,20)(H2,14,21). The van der Waals surface area contributed by atoms with Gasteiger partial charge < -0.3 is 22.9 Å². The molecule has 0 atom stereocenters. The first-order valence-corrected chi connectivity index (χ1v) is 7.24. The minimum atomic E-state index is -0.840. The quantitative estimate of drug-likeness (QED) is 0.489. The van der Waals surface area contributed by atoms with Crippen LogP contribution in [-0.2, 0) is 0 Å². The van der Waals surface area contributed by atoms with Crippen LogP contribution in [0.2, 0.25) is 5.28 Å². The van der Waals surface area contributed by atoms with Crippen molar-refractivity contribution >= 4 is 80.4 Å². The third kappa shape index (κ3) is 4.41. The number of thiocarbonyl (C=S) groups is 4. The fourth-order valence-corrected chi connectivity index (χ4v) is 2.68. The predicted molar refractivity (Wildman–Crippen MR) is 97.5 cm³/mol. The molecule has 0 fully saturated rings.